The molecule has 9 amide bonds. The fourth-order valence-electron chi connectivity index (χ4n) is 9.50. The molecule has 28 heteroatoms. The lowest BCUT2D eigenvalue weighted by Gasteiger charge is -2.33. The van der Waals surface area contributed by atoms with Gasteiger partial charge in [-0.05, 0) is 107 Å². The zero-order chi connectivity index (χ0) is 56.8. The maximum Gasteiger partial charge on any atom is 0.326 e. The number of nitrogens with one attached hydrogen (secondary N) is 5. The first-order valence-electron chi connectivity index (χ1n) is 26.2. The van der Waals surface area contributed by atoms with E-state index in [1.807, 2.05) is 20.1 Å². The second kappa shape index (κ2) is 31.6. The number of aliphatic carboxylic acids is 1. The number of nitrogens with two attached hydrogens (primary N) is 6. The van der Waals surface area contributed by atoms with Gasteiger partial charge in [-0.1, -0.05) is 27.7 Å². The minimum Gasteiger partial charge on any atom is -0.480 e. The Morgan fingerprint density at radius 2 is 1.04 bits per heavy atom. The van der Waals surface area contributed by atoms with E-state index in [1.165, 1.54) is 26.5 Å². The summed E-state index contributed by atoms with van der Waals surface area (Å²) < 4.78 is 0. The Morgan fingerprint density at radius 3 is 1.50 bits per heavy atom. The van der Waals surface area contributed by atoms with Gasteiger partial charge in [0, 0.05) is 39.1 Å². The molecular formula is C48H84N16O11S. The quantitative estimate of drug-likeness (QED) is 0.0183. The predicted octanol–water partition coefficient (Wildman–Crippen LogP) is -3.38. The zero-order valence-corrected chi connectivity index (χ0v) is 45.4. The first-order valence-corrected chi connectivity index (χ1v) is 27.6. The Morgan fingerprint density at radius 1 is 0.579 bits per heavy atom. The van der Waals surface area contributed by atoms with Crippen LogP contribution in [0.2, 0.25) is 0 Å². The molecule has 76 heavy (non-hydrogen) atoms. The minimum atomic E-state index is -1.36. The van der Waals surface area contributed by atoms with Crippen LogP contribution in [0.5, 0.6) is 0 Å². The number of thioether (sulfide) groups is 1. The average molecular weight is 1090 g/mol. The van der Waals surface area contributed by atoms with Crippen LogP contribution in [0.15, 0.2) is 9.98 Å². The smallest absolute Gasteiger partial charge is 0.326 e. The summed E-state index contributed by atoms with van der Waals surface area (Å²) in [6, 6.07) is -10.1. The van der Waals surface area contributed by atoms with E-state index in [1.54, 1.807) is 13.8 Å². The third-order valence-electron chi connectivity index (χ3n) is 13.5. The summed E-state index contributed by atoms with van der Waals surface area (Å²) in [5.74, 6) is -7.56. The highest BCUT2D eigenvalue weighted by atomic mass is 32.2. The van der Waals surface area contributed by atoms with Gasteiger partial charge in [-0.3, -0.25) is 53.1 Å². The van der Waals surface area contributed by atoms with Crippen molar-refractivity contribution in [3.63, 3.8) is 0 Å². The van der Waals surface area contributed by atoms with Gasteiger partial charge in [0.15, 0.2) is 11.9 Å². The number of aliphatic imine (C=N–C) groups is 2. The van der Waals surface area contributed by atoms with E-state index in [-0.39, 0.29) is 115 Å². The number of guanidine groups is 2. The van der Waals surface area contributed by atoms with Crippen molar-refractivity contribution in [1.29, 1.82) is 0 Å². The normalized spacial score (nSPS) is 19.6. The number of hydrogen-bond donors (Lipinski definition) is 12. The molecule has 0 spiro atoms. The summed E-state index contributed by atoms with van der Waals surface area (Å²) in [4.78, 5) is 148. The minimum absolute atomic E-state index is 0.0390. The van der Waals surface area contributed by atoms with Crippen molar-refractivity contribution in [1.82, 2.24) is 41.3 Å². The molecule has 0 aromatic rings. The molecule has 0 aromatic heterocycles. The van der Waals surface area contributed by atoms with Crippen LogP contribution in [-0.2, 0) is 47.9 Å². The van der Waals surface area contributed by atoms with Crippen molar-refractivity contribution in [2.24, 2.45) is 56.2 Å². The number of primary amides is 1. The van der Waals surface area contributed by atoms with Crippen LogP contribution in [0.25, 0.3) is 0 Å². The number of hydrogen-bond acceptors (Lipinski definition) is 14. The molecule has 0 unspecified atom stereocenters. The first-order chi connectivity index (χ1) is 35.9. The lowest BCUT2D eigenvalue weighted by atomic mass is 10.00. The molecule has 0 aromatic carbocycles. The summed E-state index contributed by atoms with van der Waals surface area (Å²) in [6.45, 7) is 7.94. The Balaban J connectivity index is 1.80. The van der Waals surface area contributed by atoms with Crippen molar-refractivity contribution >= 4 is 82.8 Å². The summed E-state index contributed by atoms with van der Waals surface area (Å²) in [5.41, 5.74) is 33.4. The van der Waals surface area contributed by atoms with Gasteiger partial charge in [0.2, 0.25) is 53.2 Å². The number of amides is 9. The van der Waals surface area contributed by atoms with Crippen LogP contribution in [0.1, 0.15) is 118 Å². The fraction of sp³-hybridized carbons (Fsp3) is 0.750. The van der Waals surface area contributed by atoms with Gasteiger partial charge in [0.25, 0.3) is 0 Å². The molecule has 27 nitrogen and oxygen atoms in total. The second-order valence-corrected chi connectivity index (χ2v) is 21.3. The number of carbonyl (C=O) groups is 10. The Kier molecular flexibility index (Phi) is 26.5. The Bertz CT molecular complexity index is 2110. The van der Waals surface area contributed by atoms with E-state index >= 15 is 0 Å². The van der Waals surface area contributed by atoms with Crippen LogP contribution in [0.3, 0.4) is 0 Å². The maximum atomic E-state index is 14.5. The predicted molar refractivity (Wildman–Crippen MR) is 285 cm³/mol. The molecule has 3 aliphatic rings. The third-order valence-corrected chi connectivity index (χ3v) is 14.1. The van der Waals surface area contributed by atoms with Gasteiger partial charge in [0.05, 0.1) is 6.04 Å². The summed E-state index contributed by atoms with van der Waals surface area (Å²) in [7, 11) is 0. The molecule has 0 radical (unpaired) electrons. The maximum absolute atomic E-state index is 14.5. The zero-order valence-electron chi connectivity index (χ0n) is 44.6. The highest BCUT2D eigenvalue weighted by Crippen LogP contribution is 2.24. The monoisotopic (exact) mass is 1090 g/mol. The number of carboxylic acids is 1. The van der Waals surface area contributed by atoms with Crippen molar-refractivity contribution in [3.8, 4) is 0 Å². The first kappa shape index (κ1) is 63.8. The van der Waals surface area contributed by atoms with Gasteiger partial charge < -0.3 is 80.8 Å². The van der Waals surface area contributed by atoms with Gasteiger partial charge in [0.1, 0.15) is 48.3 Å². The fourth-order valence-corrected chi connectivity index (χ4v) is 9.97. The molecule has 9 atom stereocenters. The highest BCUT2D eigenvalue weighted by Gasteiger charge is 2.43. The van der Waals surface area contributed by atoms with Crippen molar-refractivity contribution < 1.29 is 53.1 Å². The molecule has 3 aliphatic heterocycles. The number of likely N-dealkylation sites (tertiary alicyclic amines) is 3. The van der Waals surface area contributed by atoms with E-state index in [9.17, 15) is 53.1 Å². The van der Waals surface area contributed by atoms with E-state index in [0.29, 0.717) is 31.4 Å². The standard InChI is InChI=1S/C48H84N16O11S/c1-26(2)25-32(39(67)58-30(12-7-20-56-48(53)54)44(72)63-22-9-14-34(63)41(69)59-31(46(74)75)18-24-76-5)60-42(70)35-15-10-23-64(35)45(73)37(27(3)4)61-38(66)29(16-17-36(50)65)57-40(68)33-13-8-21-62(33)43(71)28(49)11-6-19-55-47(51)52/h26-35,37H,6-25,49H2,1-5H3,(H2,50,65)(H,57,68)(H,58,67)(H,59,69)(H,60,70)(H,61,66)(H,74,75)(H4,51,52,55)(H4,53,54,56)/t28-,29-,30-,31-,32-,33-,34-,35-,37-/m0/s1. The van der Waals surface area contributed by atoms with Gasteiger partial charge in [-0.15, -0.1) is 0 Å². The molecule has 428 valence electrons. The Labute approximate surface area is 448 Å². The van der Waals surface area contributed by atoms with Crippen molar-refractivity contribution in [3.05, 3.63) is 0 Å². The molecule has 18 N–H and O–H groups in total. The summed E-state index contributed by atoms with van der Waals surface area (Å²) in [5, 5.41) is 23.3. The van der Waals surface area contributed by atoms with Crippen LogP contribution in [0, 0.1) is 11.8 Å². The van der Waals surface area contributed by atoms with Gasteiger partial charge in [-0.25, -0.2) is 4.79 Å². The van der Waals surface area contributed by atoms with E-state index in [4.69, 9.17) is 34.4 Å². The highest BCUT2D eigenvalue weighted by molar-refractivity contribution is 7.98. The van der Waals surface area contributed by atoms with E-state index < -0.39 is 119 Å². The molecule has 3 fully saturated rings. The number of carboxylic acid groups (broad SMARTS) is 1. The van der Waals surface area contributed by atoms with Crippen LogP contribution in [0.4, 0.5) is 0 Å². The number of nitrogens with zero attached hydrogens (tertiary/aromatic N) is 5. The molecule has 0 aliphatic carbocycles. The molecule has 0 bridgehead atoms. The van der Waals surface area contributed by atoms with Gasteiger partial charge >= 0.3 is 5.97 Å². The lowest BCUT2D eigenvalue weighted by Crippen LogP contribution is -2.61. The number of carbonyl (C=O) groups excluding carboxylic acids is 9. The SMILES string of the molecule is CSCC[C@H](NC(=O)[C@@H]1CCCN1C(=O)[C@H](CCCN=C(N)N)NC(=O)[C@H](CC(C)C)NC(=O)[C@@H]1CCCN1C(=O)[C@@H](NC(=O)[C@H](CCC(N)=O)NC(=O)[C@@H]1CCCN1C(=O)[C@@H](N)CCCN=C(N)N)C(C)C)C(=O)O. The average Bonchev–Trinajstić information content (AvgIpc) is 4.16. The molecule has 3 saturated heterocycles. The molecule has 3 heterocycles. The second-order valence-electron chi connectivity index (χ2n) is 20.3. The summed E-state index contributed by atoms with van der Waals surface area (Å²) in [6.07, 6.45) is 4.61. The Hall–Kier alpha value is -6.45. The largest absolute Gasteiger partial charge is 0.480 e. The molecular weight excluding hydrogens is 1010 g/mol. The van der Waals surface area contributed by atoms with Crippen LogP contribution >= 0.6 is 11.8 Å². The number of rotatable bonds is 31. The van der Waals surface area contributed by atoms with Crippen LogP contribution < -0.4 is 61.0 Å². The van der Waals surface area contributed by atoms with Crippen molar-refractivity contribution in [2.75, 3.05) is 44.7 Å². The molecule has 0 saturated carbocycles. The lowest BCUT2D eigenvalue weighted by molar-refractivity contribution is -0.145. The molecule has 3 rings (SSSR count). The van der Waals surface area contributed by atoms with Crippen LogP contribution in [-0.4, -0.2) is 190 Å². The van der Waals surface area contributed by atoms with Gasteiger partial charge in [-0.2, -0.15) is 11.8 Å². The van der Waals surface area contributed by atoms with E-state index in [0.717, 1.165) is 0 Å². The topological polar surface area (TPSA) is 442 Å². The summed E-state index contributed by atoms with van der Waals surface area (Å²) >= 11 is 1.43. The van der Waals surface area contributed by atoms with E-state index in [2.05, 4.69) is 36.6 Å². The van der Waals surface area contributed by atoms with Crippen molar-refractivity contribution in [2.45, 2.75) is 172 Å². The third kappa shape index (κ3) is 19.9.